The maximum absolute atomic E-state index is 4.77. The SMILES string of the molecule is CCNC(=NCC1(C)CCCS1)NCCCC1CC1.I. The summed E-state index contributed by atoms with van der Waals surface area (Å²) in [7, 11) is 0. The molecular weight excluding hydrogens is 381 g/mol. The van der Waals surface area contributed by atoms with Crippen molar-refractivity contribution in [3.63, 3.8) is 0 Å². The first kappa shape index (κ1) is 18.4. The van der Waals surface area contributed by atoms with Crippen LogP contribution in [0.25, 0.3) is 0 Å². The largest absolute Gasteiger partial charge is 0.357 e. The molecule has 2 aliphatic rings. The Balaban J connectivity index is 0.00000200. The van der Waals surface area contributed by atoms with Gasteiger partial charge in [0.15, 0.2) is 5.96 Å². The average molecular weight is 411 g/mol. The van der Waals surface area contributed by atoms with Crippen molar-refractivity contribution in [1.29, 1.82) is 0 Å². The summed E-state index contributed by atoms with van der Waals surface area (Å²) < 4.78 is 0.371. The molecule has 2 rings (SSSR count). The van der Waals surface area contributed by atoms with E-state index in [1.807, 2.05) is 0 Å². The monoisotopic (exact) mass is 411 g/mol. The quantitative estimate of drug-likeness (QED) is 0.291. The number of guanidine groups is 1. The molecule has 1 aliphatic heterocycles. The summed E-state index contributed by atoms with van der Waals surface area (Å²) in [5, 5.41) is 6.83. The molecule has 0 aromatic heterocycles. The molecule has 1 heterocycles. The second kappa shape index (κ2) is 9.38. The zero-order chi connectivity index (χ0) is 13.6. The lowest BCUT2D eigenvalue weighted by Crippen LogP contribution is -2.39. The van der Waals surface area contributed by atoms with Gasteiger partial charge in [-0.15, -0.1) is 24.0 Å². The second-order valence-corrected chi connectivity index (χ2v) is 7.79. The van der Waals surface area contributed by atoms with E-state index in [0.29, 0.717) is 4.75 Å². The van der Waals surface area contributed by atoms with E-state index >= 15 is 0 Å². The molecule has 20 heavy (non-hydrogen) atoms. The van der Waals surface area contributed by atoms with Gasteiger partial charge in [0.25, 0.3) is 0 Å². The molecule has 1 atom stereocenters. The van der Waals surface area contributed by atoms with Crippen LogP contribution in [0.4, 0.5) is 0 Å². The molecule has 0 aromatic rings. The molecule has 0 radical (unpaired) electrons. The fourth-order valence-corrected chi connectivity index (χ4v) is 3.78. The van der Waals surface area contributed by atoms with Crippen molar-refractivity contribution >= 4 is 41.7 Å². The Hall–Kier alpha value is 0.350. The number of halogens is 1. The van der Waals surface area contributed by atoms with E-state index in [1.54, 1.807) is 0 Å². The fraction of sp³-hybridized carbons (Fsp3) is 0.933. The van der Waals surface area contributed by atoms with Crippen molar-refractivity contribution in [1.82, 2.24) is 10.6 Å². The number of rotatable bonds is 7. The van der Waals surface area contributed by atoms with Gasteiger partial charge < -0.3 is 10.6 Å². The molecule has 1 saturated carbocycles. The molecule has 2 N–H and O–H groups in total. The summed E-state index contributed by atoms with van der Waals surface area (Å²) in [4.78, 5) is 4.77. The van der Waals surface area contributed by atoms with E-state index in [-0.39, 0.29) is 24.0 Å². The third-order valence-corrected chi connectivity index (χ3v) is 5.52. The molecule has 0 aromatic carbocycles. The molecule has 1 saturated heterocycles. The summed E-state index contributed by atoms with van der Waals surface area (Å²) in [6, 6.07) is 0. The van der Waals surface area contributed by atoms with E-state index in [9.17, 15) is 0 Å². The lowest BCUT2D eigenvalue weighted by Gasteiger charge is -2.21. The van der Waals surface area contributed by atoms with Gasteiger partial charge in [-0.25, -0.2) is 0 Å². The van der Waals surface area contributed by atoms with E-state index < -0.39 is 0 Å². The third kappa shape index (κ3) is 6.87. The first-order chi connectivity index (χ1) is 9.22. The number of hydrogen-bond acceptors (Lipinski definition) is 2. The van der Waals surface area contributed by atoms with Gasteiger partial charge in [0.05, 0.1) is 6.54 Å². The van der Waals surface area contributed by atoms with Gasteiger partial charge in [0.2, 0.25) is 0 Å². The Kier molecular flexibility index (Phi) is 8.63. The Labute approximate surface area is 145 Å². The van der Waals surface area contributed by atoms with Crippen molar-refractivity contribution in [2.75, 3.05) is 25.4 Å². The van der Waals surface area contributed by atoms with Gasteiger partial charge in [-0.3, -0.25) is 4.99 Å². The summed E-state index contributed by atoms with van der Waals surface area (Å²) in [6.07, 6.45) is 8.25. The van der Waals surface area contributed by atoms with Crippen molar-refractivity contribution < 1.29 is 0 Å². The predicted molar refractivity (Wildman–Crippen MR) is 101 cm³/mol. The standard InChI is InChI=1S/C15H29N3S.HI/c1-3-16-14(17-10-4-6-13-7-8-13)18-12-15(2)9-5-11-19-15;/h13H,3-12H2,1-2H3,(H2,16,17,18);1H. The van der Waals surface area contributed by atoms with Crippen LogP contribution in [-0.4, -0.2) is 36.1 Å². The summed E-state index contributed by atoms with van der Waals surface area (Å²) >= 11 is 2.08. The minimum absolute atomic E-state index is 0. The summed E-state index contributed by atoms with van der Waals surface area (Å²) in [5.74, 6) is 3.35. The zero-order valence-corrected chi connectivity index (χ0v) is 16.1. The maximum atomic E-state index is 4.77. The lowest BCUT2D eigenvalue weighted by molar-refractivity contribution is 0.610. The van der Waals surface area contributed by atoms with E-state index in [2.05, 4.69) is 36.2 Å². The fourth-order valence-electron chi connectivity index (χ4n) is 2.55. The molecule has 5 heteroatoms. The van der Waals surface area contributed by atoms with E-state index in [4.69, 9.17) is 4.99 Å². The van der Waals surface area contributed by atoms with Crippen molar-refractivity contribution in [3.8, 4) is 0 Å². The number of nitrogens with one attached hydrogen (secondary N) is 2. The van der Waals surface area contributed by atoms with Gasteiger partial charge in [0, 0.05) is 17.8 Å². The van der Waals surface area contributed by atoms with Crippen LogP contribution in [0.3, 0.4) is 0 Å². The lowest BCUT2D eigenvalue weighted by atomic mass is 10.1. The highest BCUT2D eigenvalue weighted by atomic mass is 127. The topological polar surface area (TPSA) is 36.4 Å². The molecule has 0 bridgehead atoms. The minimum atomic E-state index is 0. The van der Waals surface area contributed by atoms with Gasteiger partial charge in [-0.05, 0) is 51.2 Å². The normalized spacial score (nSPS) is 26.2. The van der Waals surface area contributed by atoms with Crippen molar-refractivity contribution in [3.05, 3.63) is 0 Å². The number of aliphatic imine (C=N–C) groups is 1. The van der Waals surface area contributed by atoms with Gasteiger partial charge >= 0.3 is 0 Å². The maximum Gasteiger partial charge on any atom is 0.191 e. The summed E-state index contributed by atoms with van der Waals surface area (Å²) in [5.41, 5.74) is 0. The van der Waals surface area contributed by atoms with Crippen LogP contribution < -0.4 is 10.6 Å². The predicted octanol–water partition coefficient (Wildman–Crippen LogP) is 3.64. The Morgan fingerprint density at radius 1 is 1.35 bits per heavy atom. The molecule has 118 valence electrons. The highest BCUT2D eigenvalue weighted by Gasteiger charge is 2.29. The summed E-state index contributed by atoms with van der Waals surface area (Å²) in [6.45, 7) is 7.43. The highest BCUT2D eigenvalue weighted by Crippen LogP contribution is 2.37. The molecule has 2 fully saturated rings. The van der Waals surface area contributed by atoms with Crippen LogP contribution in [0.1, 0.15) is 52.4 Å². The van der Waals surface area contributed by atoms with Crippen LogP contribution in [0, 0.1) is 5.92 Å². The van der Waals surface area contributed by atoms with Crippen LogP contribution in [0.15, 0.2) is 4.99 Å². The Morgan fingerprint density at radius 3 is 2.75 bits per heavy atom. The third-order valence-electron chi connectivity index (χ3n) is 3.99. The number of hydrogen-bond donors (Lipinski definition) is 2. The van der Waals surface area contributed by atoms with E-state index in [1.165, 1.54) is 44.3 Å². The average Bonchev–Trinajstić information content (AvgIpc) is 3.13. The molecule has 1 unspecified atom stereocenters. The van der Waals surface area contributed by atoms with Crippen LogP contribution >= 0.6 is 35.7 Å². The highest BCUT2D eigenvalue weighted by molar-refractivity contribution is 14.0. The Morgan fingerprint density at radius 2 is 2.15 bits per heavy atom. The first-order valence-electron chi connectivity index (χ1n) is 7.88. The van der Waals surface area contributed by atoms with Gasteiger partial charge in [-0.1, -0.05) is 12.8 Å². The second-order valence-electron chi connectivity index (χ2n) is 6.11. The van der Waals surface area contributed by atoms with Crippen LogP contribution in [-0.2, 0) is 0 Å². The molecule has 0 amide bonds. The van der Waals surface area contributed by atoms with Crippen LogP contribution in [0.2, 0.25) is 0 Å². The first-order valence-corrected chi connectivity index (χ1v) is 8.86. The number of nitrogens with zero attached hydrogens (tertiary/aromatic N) is 1. The van der Waals surface area contributed by atoms with Gasteiger partial charge in [-0.2, -0.15) is 11.8 Å². The smallest absolute Gasteiger partial charge is 0.191 e. The minimum Gasteiger partial charge on any atom is -0.357 e. The molecule has 0 spiro atoms. The van der Waals surface area contributed by atoms with Gasteiger partial charge in [0.1, 0.15) is 0 Å². The van der Waals surface area contributed by atoms with Crippen LogP contribution in [0.5, 0.6) is 0 Å². The molecule has 1 aliphatic carbocycles. The molecular formula is C15H30IN3S. The van der Waals surface area contributed by atoms with Crippen molar-refractivity contribution in [2.45, 2.75) is 57.1 Å². The number of thioether (sulfide) groups is 1. The zero-order valence-electron chi connectivity index (χ0n) is 12.9. The molecule has 3 nitrogen and oxygen atoms in total. The van der Waals surface area contributed by atoms with E-state index in [0.717, 1.165) is 31.5 Å². The van der Waals surface area contributed by atoms with Crippen molar-refractivity contribution in [2.24, 2.45) is 10.9 Å². The Bertz CT molecular complexity index is 299.